The fourth-order valence-electron chi connectivity index (χ4n) is 4.43. The van der Waals surface area contributed by atoms with E-state index in [-0.39, 0.29) is 36.4 Å². The summed E-state index contributed by atoms with van der Waals surface area (Å²) in [4.78, 5) is 19.6. The first-order valence-corrected chi connectivity index (χ1v) is 11.5. The van der Waals surface area contributed by atoms with E-state index < -0.39 is 34.9 Å². The van der Waals surface area contributed by atoms with Crippen molar-refractivity contribution in [1.82, 2.24) is 14.5 Å². The van der Waals surface area contributed by atoms with Crippen molar-refractivity contribution < 1.29 is 24.6 Å². The first-order chi connectivity index (χ1) is 16.5. The summed E-state index contributed by atoms with van der Waals surface area (Å²) in [7, 11) is 0. The molecule has 1 fully saturated rings. The van der Waals surface area contributed by atoms with Crippen molar-refractivity contribution in [2.45, 2.75) is 58.3 Å². The van der Waals surface area contributed by atoms with Crippen LogP contribution >= 0.6 is 11.6 Å². The number of aliphatic hydroxyl groups is 2. The van der Waals surface area contributed by atoms with Crippen molar-refractivity contribution in [1.29, 1.82) is 0 Å². The number of nitrogens with zero attached hydrogens (tertiary/aromatic N) is 4. The fraction of sp³-hybridized carbons (Fsp3) is 0.478. The van der Waals surface area contributed by atoms with Gasteiger partial charge in [0, 0.05) is 24.2 Å². The normalized spacial score (nSPS) is 21.5. The Morgan fingerprint density at radius 3 is 2.71 bits per heavy atom. The smallest absolute Gasteiger partial charge is 0.275 e. The average molecular weight is 506 g/mol. The zero-order chi connectivity index (χ0) is 25.5. The molecule has 1 aliphatic rings. The maximum absolute atomic E-state index is 11.7. The van der Waals surface area contributed by atoms with Crippen molar-refractivity contribution in [3.63, 3.8) is 0 Å². The Morgan fingerprint density at radius 2 is 2.09 bits per heavy atom. The molecule has 1 aromatic carbocycles. The topological polar surface area (TPSA) is 159 Å². The van der Waals surface area contributed by atoms with E-state index in [1.807, 2.05) is 20.8 Å². The van der Waals surface area contributed by atoms with Crippen LogP contribution in [0.5, 0.6) is 0 Å². The Balaban J connectivity index is 1.73. The Morgan fingerprint density at radius 1 is 1.37 bits per heavy atom. The summed E-state index contributed by atoms with van der Waals surface area (Å²) in [5.41, 5.74) is 6.84. The third-order valence-corrected chi connectivity index (χ3v) is 6.30. The number of fused-ring (bicyclic) bond motifs is 1. The lowest BCUT2D eigenvalue weighted by atomic mass is 9.84. The number of rotatable bonds is 7. The number of para-hydroxylation sites is 1. The predicted octanol–water partition coefficient (Wildman–Crippen LogP) is 3.52. The molecule has 11 nitrogen and oxygen atoms in total. The van der Waals surface area contributed by atoms with Gasteiger partial charge in [0.15, 0.2) is 0 Å². The van der Waals surface area contributed by atoms with Gasteiger partial charge in [-0.15, -0.1) is 0 Å². The summed E-state index contributed by atoms with van der Waals surface area (Å²) in [6.45, 7) is 5.54. The number of nitrogen functional groups attached to an aromatic ring is 1. The van der Waals surface area contributed by atoms with Crippen LogP contribution < -0.4 is 5.73 Å². The zero-order valence-electron chi connectivity index (χ0n) is 19.6. The van der Waals surface area contributed by atoms with E-state index in [4.69, 9.17) is 26.8 Å². The minimum absolute atomic E-state index is 0.0209. The van der Waals surface area contributed by atoms with Gasteiger partial charge in [0.25, 0.3) is 5.69 Å². The van der Waals surface area contributed by atoms with Crippen molar-refractivity contribution in [2.75, 3.05) is 12.3 Å². The van der Waals surface area contributed by atoms with Gasteiger partial charge in [0.1, 0.15) is 23.1 Å². The van der Waals surface area contributed by atoms with Gasteiger partial charge in [-0.1, -0.05) is 44.5 Å². The SMILES string of the molecule is CC(C)(C)[C@H](OCc1cn([C@H]2C[C@@H](O)[C@@H](CO)O2)c2nc(N)nc(Cl)c12)c1ccccc1[N+](=O)[O-]. The second kappa shape index (κ2) is 9.67. The van der Waals surface area contributed by atoms with Gasteiger partial charge in [-0.25, -0.2) is 4.98 Å². The molecule has 0 bridgehead atoms. The molecule has 1 aliphatic heterocycles. The van der Waals surface area contributed by atoms with Crippen molar-refractivity contribution >= 4 is 34.3 Å². The summed E-state index contributed by atoms with van der Waals surface area (Å²) >= 11 is 6.44. The molecule has 0 aliphatic carbocycles. The average Bonchev–Trinajstić information content (AvgIpc) is 3.33. The number of ether oxygens (including phenoxy) is 2. The molecule has 188 valence electrons. The molecule has 0 radical (unpaired) electrons. The standard InChI is InChI=1S/C23H28ClN5O6/c1-23(2,3)19(13-6-4-5-7-14(13)29(32)33)34-11-12-9-28(17-8-15(31)16(10-30)35-17)21-18(12)20(24)26-22(25)27-21/h4-7,9,15-17,19,30-31H,8,10-11H2,1-3H3,(H2,25,26,27)/t15-,16-,17-,19-/m1/s1. The van der Waals surface area contributed by atoms with Gasteiger partial charge < -0.3 is 30.0 Å². The number of hydrogen-bond acceptors (Lipinski definition) is 9. The van der Waals surface area contributed by atoms with Gasteiger partial charge in [-0.05, 0) is 11.5 Å². The van der Waals surface area contributed by atoms with E-state index in [1.54, 1.807) is 29.0 Å². The third-order valence-electron chi connectivity index (χ3n) is 6.03. The highest BCUT2D eigenvalue weighted by Crippen LogP contribution is 2.42. The Labute approximate surface area is 206 Å². The second-order valence-electron chi connectivity index (χ2n) is 9.62. The minimum atomic E-state index is -0.847. The number of halogens is 1. The molecule has 4 rings (SSSR count). The van der Waals surface area contributed by atoms with Gasteiger partial charge in [-0.3, -0.25) is 10.1 Å². The van der Waals surface area contributed by atoms with Crippen molar-refractivity contribution in [2.24, 2.45) is 5.41 Å². The highest BCUT2D eigenvalue weighted by Gasteiger charge is 2.37. The minimum Gasteiger partial charge on any atom is -0.394 e. The molecule has 35 heavy (non-hydrogen) atoms. The molecule has 0 unspecified atom stereocenters. The largest absolute Gasteiger partial charge is 0.394 e. The molecule has 0 amide bonds. The molecule has 0 spiro atoms. The van der Waals surface area contributed by atoms with E-state index in [2.05, 4.69) is 9.97 Å². The molecular formula is C23H28ClN5O6. The van der Waals surface area contributed by atoms with Crippen molar-refractivity contribution in [3.05, 3.63) is 56.9 Å². The molecule has 4 N–H and O–H groups in total. The molecule has 1 saturated heterocycles. The molecular weight excluding hydrogens is 478 g/mol. The van der Waals surface area contributed by atoms with Crippen LogP contribution in [0.25, 0.3) is 11.0 Å². The lowest BCUT2D eigenvalue weighted by Crippen LogP contribution is -2.24. The van der Waals surface area contributed by atoms with Gasteiger partial charge in [0.2, 0.25) is 5.95 Å². The highest BCUT2D eigenvalue weighted by molar-refractivity contribution is 6.34. The summed E-state index contributed by atoms with van der Waals surface area (Å²) in [5, 5.41) is 32.0. The van der Waals surface area contributed by atoms with Gasteiger partial charge in [0.05, 0.1) is 41.3 Å². The monoisotopic (exact) mass is 505 g/mol. The fourth-order valence-corrected chi connectivity index (χ4v) is 4.72. The summed E-state index contributed by atoms with van der Waals surface area (Å²) < 4.78 is 13.8. The number of aromatic nitrogens is 3. The number of hydrogen-bond donors (Lipinski definition) is 3. The van der Waals surface area contributed by atoms with Crippen LogP contribution in [0.3, 0.4) is 0 Å². The quantitative estimate of drug-likeness (QED) is 0.248. The van der Waals surface area contributed by atoms with Crippen LogP contribution in [-0.2, 0) is 16.1 Å². The molecule has 4 atom stereocenters. The van der Waals surface area contributed by atoms with Crippen LogP contribution in [0.4, 0.5) is 11.6 Å². The van der Waals surface area contributed by atoms with Crippen LogP contribution in [0.2, 0.25) is 5.15 Å². The zero-order valence-corrected chi connectivity index (χ0v) is 20.3. The number of benzene rings is 1. The van der Waals surface area contributed by atoms with Crippen LogP contribution in [-0.4, -0.2) is 48.5 Å². The lowest BCUT2D eigenvalue weighted by molar-refractivity contribution is -0.386. The number of anilines is 1. The summed E-state index contributed by atoms with van der Waals surface area (Å²) in [6.07, 6.45) is -0.827. The van der Waals surface area contributed by atoms with E-state index in [0.29, 0.717) is 22.2 Å². The Hall–Kier alpha value is -2.83. The highest BCUT2D eigenvalue weighted by atomic mass is 35.5. The number of nitrogens with two attached hydrogens (primary N) is 1. The summed E-state index contributed by atoms with van der Waals surface area (Å²) in [6, 6.07) is 6.50. The van der Waals surface area contributed by atoms with Gasteiger partial charge >= 0.3 is 0 Å². The molecule has 3 aromatic rings. The number of nitro groups is 1. The third kappa shape index (κ3) is 4.95. The van der Waals surface area contributed by atoms with E-state index in [9.17, 15) is 20.3 Å². The van der Waals surface area contributed by atoms with E-state index >= 15 is 0 Å². The van der Waals surface area contributed by atoms with Crippen LogP contribution in [0.1, 0.15) is 50.7 Å². The second-order valence-corrected chi connectivity index (χ2v) is 9.98. The number of aliphatic hydroxyl groups excluding tert-OH is 2. The summed E-state index contributed by atoms with van der Waals surface area (Å²) in [5.74, 6) is -0.0287. The maximum Gasteiger partial charge on any atom is 0.275 e. The maximum atomic E-state index is 11.7. The number of nitro benzene ring substituents is 1. The first-order valence-electron chi connectivity index (χ1n) is 11.1. The van der Waals surface area contributed by atoms with Crippen molar-refractivity contribution in [3.8, 4) is 0 Å². The Bertz CT molecular complexity index is 1240. The Kier molecular flexibility index (Phi) is 6.98. The first kappa shape index (κ1) is 25.3. The lowest BCUT2D eigenvalue weighted by Gasteiger charge is -2.30. The predicted molar refractivity (Wildman–Crippen MR) is 129 cm³/mol. The van der Waals surface area contributed by atoms with Gasteiger partial charge in [-0.2, -0.15) is 4.98 Å². The molecule has 3 heterocycles. The molecule has 12 heteroatoms. The molecule has 0 saturated carbocycles. The van der Waals surface area contributed by atoms with Crippen LogP contribution in [0.15, 0.2) is 30.5 Å². The van der Waals surface area contributed by atoms with Crippen LogP contribution in [0, 0.1) is 15.5 Å². The van der Waals surface area contributed by atoms with E-state index in [1.165, 1.54) is 6.07 Å². The molecule has 2 aromatic heterocycles. The van der Waals surface area contributed by atoms with E-state index in [0.717, 1.165) is 0 Å².